The average Bonchev–Trinajstić information content (AvgIpc) is 3.23. The van der Waals surface area contributed by atoms with Gasteiger partial charge in [0.1, 0.15) is 16.6 Å². The van der Waals surface area contributed by atoms with E-state index in [1.165, 1.54) is 35.6 Å². The topological polar surface area (TPSA) is 103 Å². The molecule has 3 aromatic rings. The predicted octanol–water partition coefficient (Wildman–Crippen LogP) is 3.69. The molecule has 0 atom stereocenters. The fourth-order valence-electron chi connectivity index (χ4n) is 1.99. The van der Waals surface area contributed by atoms with E-state index >= 15 is 0 Å². The van der Waals surface area contributed by atoms with Crippen molar-refractivity contribution in [1.82, 2.24) is 4.98 Å². The van der Waals surface area contributed by atoms with Crippen molar-refractivity contribution in [2.45, 2.75) is 0 Å². The smallest absolute Gasteiger partial charge is 0.335 e. The van der Waals surface area contributed by atoms with Crippen molar-refractivity contribution in [2.75, 3.05) is 5.32 Å². The van der Waals surface area contributed by atoms with Crippen LogP contribution in [0.3, 0.4) is 0 Å². The molecular formula is C16H9N3O3S2. The summed E-state index contributed by atoms with van der Waals surface area (Å²) in [5, 5.41) is 23.0. The van der Waals surface area contributed by atoms with Crippen LogP contribution in [-0.2, 0) is 0 Å². The lowest BCUT2D eigenvalue weighted by atomic mass is 10.1. The molecule has 0 saturated heterocycles. The first-order valence-corrected chi connectivity index (χ1v) is 8.37. The van der Waals surface area contributed by atoms with Gasteiger partial charge >= 0.3 is 5.97 Å². The molecule has 2 N–H and O–H groups in total. The summed E-state index contributed by atoms with van der Waals surface area (Å²) < 4.78 is 0. The number of nitrogens with zero attached hydrogens (tertiary/aromatic N) is 2. The van der Waals surface area contributed by atoms with E-state index in [9.17, 15) is 14.9 Å². The zero-order chi connectivity index (χ0) is 17.1. The molecule has 0 radical (unpaired) electrons. The van der Waals surface area contributed by atoms with Crippen LogP contribution in [0.2, 0.25) is 0 Å². The number of thiazole rings is 1. The first kappa shape index (κ1) is 15.9. The van der Waals surface area contributed by atoms with Crippen molar-refractivity contribution in [3.63, 3.8) is 0 Å². The summed E-state index contributed by atoms with van der Waals surface area (Å²) in [4.78, 5) is 28.8. The minimum absolute atomic E-state index is 0.0266. The Kier molecular flexibility index (Phi) is 4.37. The van der Waals surface area contributed by atoms with Gasteiger partial charge in [-0.3, -0.25) is 10.1 Å². The van der Waals surface area contributed by atoms with Crippen molar-refractivity contribution in [2.24, 2.45) is 0 Å². The Morgan fingerprint density at radius 3 is 2.67 bits per heavy atom. The van der Waals surface area contributed by atoms with Crippen LogP contribution in [0.1, 0.15) is 25.6 Å². The zero-order valence-corrected chi connectivity index (χ0v) is 13.6. The van der Waals surface area contributed by atoms with Gasteiger partial charge < -0.3 is 5.11 Å². The van der Waals surface area contributed by atoms with Gasteiger partial charge in [-0.05, 0) is 29.6 Å². The van der Waals surface area contributed by atoms with E-state index in [2.05, 4.69) is 16.4 Å². The minimum atomic E-state index is -1.11. The summed E-state index contributed by atoms with van der Waals surface area (Å²) in [6, 6.07) is 11.5. The molecule has 8 heteroatoms. The number of benzene rings is 1. The predicted molar refractivity (Wildman–Crippen MR) is 91.5 cm³/mol. The van der Waals surface area contributed by atoms with Crippen LogP contribution in [0.25, 0.3) is 10.6 Å². The first-order chi connectivity index (χ1) is 11.6. The Labute approximate surface area is 144 Å². The number of rotatable bonds is 4. The second-order valence-electron chi connectivity index (χ2n) is 4.63. The lowest BCUT2D eigenvalue weighted by Crippen LogP contribution is -2.12. The highest BCUT2D eigenvalue weighted by atomic mass is 32.1. The highest BCUT2D eigenvalue weighted by Gasteiger charge is 2.16. The van der Waals surface area contributed by atoms with Gasteiger partial charge in [-0.2, -0.15) is 5.26 Å². The molecule has 0 fully saturated rings. The van der Waals surface area contributed by atoms with Gasteiger partial charge in [-0.15, -0.1) is 11.3 Å². The monoisotopic (exact) mass is 355 g/mol. The summed E-state index contributed by atoms with van der Waals surface area (Å²) in [5.74, 6) is -1.58. The lowest BCUT2D eigenvalue weighted by Gasteiger charge is -2.02. The summed E-state index contributed by atoms with van der Waals surface area (Å²) in [6.45, 7) is 0. The maximum atomic E-state index is 12.3. The highest BCUT2D eigenvalue weighted by Crippen LogP contribution is 2.33. The van der Waals surface area contributed by atoms with E-state index in [0.29, 0.717) is 15.7 Å². The molecule has 6 nitrogen and oxygen atoms in total. The number of carbonyl (C=O) groups is 2. The number of hydrogen-bond acceptors (Lipinski definition) is 6. The molecule has 24 heavy (non-hydrogen) atoms. The van der Waals surface area contributed by atoms with Gasteiger partial charge in [0.25, 0.3) is 5.91 Å². The van der Waals surface area contributed by atoms with Crippen LogP contribution in [0.5, 0.6) is 0 Å². The van der Waals surface area contributed by atoms with Crippen molar-refractivity contribution >= 4 is 39.7 Å². The molecule has 0 saturated carbocycles. The fraction of sp³-hybridized carbons (Fsp3) is 0. The Bertz CT molecular complexity index is 955. The second-order valence-corrected chi connectivity index (χ2v) is 6.57. The molecule has 0 unspecified atom stereocenters. The Morgan fingerprint density at radius 2 is 2.00 bits per heavy atom. The molecule has 2 heterocycles. The minimum Gasteiger partial charge on any atom is -0.478 e. The molecule has 1 amide bonds. The molecule has 0 aliphatic rings. The van der Waals surface area contributed by atoms with E-state index in [-0.39, 0.29) is 11.1 Å². The largest absolute Gasteiger partial charge is 0.478 e. The summed E-state index contributed by atoms with van der Waals surface area (Å²) >= 11 is 2.53. The number of thiophene rings is 1. The first-order valence-electron chi connectivity index (χ1n) is 6.68. The van der Waals surface area contributed by atoms with E-state index < -0.39 is 11.9 Å². The van der Waals surface area contributed by atoms with Gasteiger partial charge in [0, 0.05) is 5.56 Å². The molecule has 118 valence electrons. The number of carboxylic acids is 1. The van der Waals surface area contributed by atoms with Crippen LogP contribution in [0, 0.1) is 11.3 Å². The molecule has 1 aromatic carbocycles. The number of carboxylic acid groups (broad SMARTS) is 1. The van der Waals surface area contributed by atoms with Crippen LogP contribution in [0.4, 0.5) is 5.13 Å². The van der Waals surface area contributed by atoms with Crippen molar-refractivity contribution in [3.8, 4) is 16.6 Å². The van der Waals surface area contributed by atoms with Crippen molar-refractivity contribution in [1.29, 1.82) is 5.26 Å². The number of nitrogens with one attached hydrogen (secondary N) is 1. The maximum Gasteiger partial charge on any atom is 0.335 e. The van der Waals surface area contributed by atoms with Gasteiger partial charge in [-0.1, -0.05) is 23.5 Å². The summed E-state index contributed by atoms with van der Waals surface area (Å²) in [7, 11) is 0. The molecular weight excluding hydrogens is 346 g/mol. The SMILES string of the molecule is N#Cc1sc(NC(=O)c2cccc(C(=O)O)c2)nc1-c1cccs1. The normalized spacial score (nSPS) is 10.1. The number of aromatic nitrogens is 1. The van der Waals surface area contributed by atoms with E-state index in [0.717, 1.165) is 16.2 Å². The van der Waals surface area contributed by atoms with Crippen LogP contribution in [0.15, 0.2) is 41.8 Å². The maximum absolute atomic E-state index is 12.3. The number of anilines is 1. The molecule has 3 rings (SSSR count). The van der Waals surface area contributed by atoms with Gasteiger partial charge in [-0.25, -0.2) is 9.78 Å². The molecule has 0 spiro atoms. The second kappa shape index (κ2) is 6.62. The number of nitriles is 1. The average molecular weight is 355 g/mol. The van der Waals surface area contributed by atoms with Crippen LogP contribution < -0.4 is 5.32 Å². The fourth-order valence-corrected chi connectivity index (χ4v) is 3.55. The van der Waals surface area contributed by atoms with Crippen molar-refractivity contribution < 1.29 is 14.7 Å². The third-order valence-electron chi connectivity index (χ3n) is 3.08. The summed E-state index contributed by atoms with van der Waals surface area (Å²) in [6.07, 6.45) is 0. The van der Waals surface area contributed by atoms with Gasteiger partial charge in [0.15, 0.2) is 5.13 Å². The Balaban J connectivity index is 1.86. The van der Waals surface area contributed by atoms with E-state index in [1.54, 1.807) is 0 Å². The van der Waals surface area contributed by atoms with Gasteiger partial charge in [0.2, 0.25) is 0 Å². The third-order valence-corrected chi connectivity index (χ3v) is 4.83. The number of aromatic carboxylic acids is 1. The Morgan fingerprint density at radius 1 is 1.21 bits per heavy atom. The summed E-state index contributed by atoms with van der Waals surface area (Å²) in [5.41, 5.74) is 0.771. The molecule has 0 bridgehead atoms. The Hall–Kier alpha value is -3.02. The quantitative estimate of drug-likeness (QED) is 0.743. The molecule has 0 aliphatic heterocycles. The van der Waals surface area contributed by atoms with Crippen LogP contribution in [-0.4, -0.2) is 22.0 Å². The number of carbonyl (C=O) groups excluding carboxylic acids is 1. The van der Waals surface area contributed by atoms with E-state index in [4.69, 9.17) is 5.11 Å². The van der Waals surface area contributed by atoms with Gasteiger partial charge in [0.05, 0.1) is 10.4 Å². The molecule has 2 aromatic heterocycles. The lowest BCUT2D eigenvalue weighted by molar-refractivity contribution is 0.0697. The number of hydrogen-bond donors (Lipinski definition) is 2. The zero-order valence-electron chi connectivity index (χ0n) is 12.0. The third kappa shape index (κ3) is 3.17. The highest BCUT2D eigenvalue weighted by molar-refractivity contribution is 7.18. The van der Waals surface area contributed by atoms with Crippen LogP contribution >= 0.6 is 22.7 Å². The van der Waals surface area contributed by atoms with Crippen molar-refractivity contribution in [3.05, 3.63) is 57.8 Å². The molecule has 0 aliphatic carbocycles. The van der Waals surface area contributed by atoms with E-state index in [1.807, 2.05) is 17.5 Å². The number of amides is 1. The standard InChI is InChI=1S/C16H9N3O3S2/c17-8-12-13(11-5-2-6-23-11)18-16(24-12)19-14(20)9-3-1-4-10(7-9)15(21)22/h1-7H,(H,21,22)(H,18,19,20).